The fraction of sp³-hybridized carbons (Fsp3) is 0.188. The van der Waals surface area contributed by atoms with Crippen LogP contribution in [0.2, 0.25) is 0 Å². The van der Waals surface area contributed by atoms with E-state index in [-0.39, 0.29) is 0 Å². The van der Waals surface area contributed by atoms with Crippen molar-refractivity contribution in [3.8, 4) is 11.5 Å². The third kappa shape index (κ3) is 2.20. The van der Waals surface area contributed by atoms with Gasteiger partial charge in [0.1, 0.15) is 5.75 Å². The van der Waals surface area contributed by atoms with E-state index in [0.29, 0.717) is 22.7 Å². The highest BCUT2D eigenvalue weighted by molar-refractivity contribution is 5.97. The van der Waals surface area contributed by atoms with Crippen molar-refractivity contribution in [2.75, 3.05) is 5.73 Å². The molecule has 1 amide bonds. The van der Waals surface area contributed by atoms with Gasteiger partial charge in [0.25, 0.3) is 5.91 Å². The fourth-order valence-electron chi connectivity index (χ4n) is 2.59. The Balaban J connectivity index is 1.97. The Labute approximate surface area is 117 Å². The molecule has 1 aliphatic rings. The number of nitrogen functional groups attached to an aromatic ring is 1. The maximum Gasteiger partial charge on any atom is 0.252 e. The number of benzene rings is 2. The van der Waals surface area contributed by atoms with Gasteiger partial charge >= 0.3 is 0 Å². The molecule has 4 N–H and O–H groups in total. The molecule has 102 valence electrons. The molecule has 0 heterocycles. The number of ether oxygens (including phenoxy) is 1. The molecule has 4 nitrogen and oxygen atoms in total. The lowest BCUT2D eigenvalue weighted by atomic mass is 10.1. The second-order valence-corrected chi connectivity index (χ2v) is 4.97. The zero-order valence-corrected chi connectivity index (χ0v) is 11.1. The number of amides is 1. The van der Waals surface area contributed by atoms with Crippen molar-refractivity contribution in [2.45, 2.75) is 19.3 Å². The molecule has 20 heavy (non-hydrogen) atoms. The molecule has 2 aromatic rings. The van der Waals surface area contributed by atoms with Crippen molar-refractivity contribution < 1.29 is 9.53 Å². The highest BCUT2D eigenvalue weighted by Crippen LogP contribution is 2.33. The van der Waals surface area contributed by atoms with Crippen LogP contribution in [0.5, 0.6) is 11.5 Å². The second-order valence-electron chi connectivity index (χ2n) is 4.97. The highest BCUT2D eigenvalue weighted by atomic mass is 16.5. The molecule has 0 spiro atoms. The van der Waals surface area contributed by atoms with Crippen LogP contribution in [0.1, 0.15) is 27.9 Å². The van der Waals surface area contributed by atoms with Crippen LogP contribution in [-0.4, -0.2) is 5.91 Å². The van der Waals surface area contributed by atoms with E-state index in [1.54, 1.807) is 18.2 Å². The van der Waals surface area contributed by atoms with E-state index in [4.69, 9.17) is 16.2 Å². The Bertz CT molecular complexity index is 680. The van der Waals surface area contributed by atoms with Gasteiger partial charge in [-0.2, -0.15) is 0 Å². The first-order valence-corrected chi connectivity index (χ1v) is 6.63. The molecule has 0 saturated heterocycles. The molecular formula is C16H16N2O2. The average molecular weight is 268 g/mol. The first kappa shape index (κ1) is 12.5. The second kappa shape index (κ2) is 4.89. The molecule has 3 rings (SSSR count). The van der Waals surface area contributed by atoms with Gasteiger partial charge < -0.3 is 16.2 Å². The number of rotatable bonds is 3. The van der Waals surface area contributed by atoms with E-state index < -0.39 is 5.91 Å². The zero-order chi connectivity index (χ0) is 14.1. The topological polar surface area (TPSA) is 78.3 Å². The molecule has 1 aliphatic carbocycles. The maximum absolute atomic E-state index is 11.4. The highest BCUT2D eigenvalue weighted by Gasteiger charge is 2.15. The molecule has 0 atom stereocenters. The number of hydrogen-bond acceptors (Lipinski definition) is 3. The number of carbonyl (C=O) groups excluding carboxylic acids is 1. The number of aryl methyl sites for hydroxylation is 2. The van der Waals surface area contributed by atoms with Gasteiger partial charge in [-0.1, -0.05) is 12.1 Å². The summed E-state index contributed by atoms with van der Waals surface area (Å²) in [6, 6.07) is 11.0. The van der Waals surface area contributed by atoms with E-state index in [9.17, 15) is 4.79 Å². The Hall–Kier alpha value is -2.49. The fourth-order valence-corrected chi connectivity index (χ4v) is 2.59. The van der Waals surface area contributed by atoms with Gasteiger partial charge in [0.15, 0.2) is 5.75 Å². The molecule has 0 aromatic heterocycles. The lowest BCUT2D eigenvalue weighted by molar-refractivity contribution is 0.0998. The summed E-state index contributed by atoms with van der Waals surface area (Å²) in [6.45, 7) is 0. The first-order valence-electron chi connectivity index (χ1n) is 6.63. The van der Waals surface area contributed by atoms with Crippen LogP contribution in [0.3, 0.4) is 0 Å². The third-order valence-corrected chi connectivity index (χ3v) is 3.60. The van der Waals surface area contributed by atoms with Crippen molar-refractivity contribution >= 4 is 11.6 Å². The van der Waals surface area contributed by atoms with Gasteiger partial charge in [0.2, 0.25) is 0 Å². The van der Waals surface area contributed by atoms with Crippen LogP contribution < -0.4 is 16.2 Å². The Morgan fingerprint density at radius 2 is 1.90 bits per heavy atom. The minimum absolute atomic E-state index is 0.297. The van der Waals surface area contributed by atoms with Gasteiger partial charge in [-0.3, -0.25) is 4.79 Å². The Kier molecular flexibility index (Phi) is 3.06. The van der Waals surface area contributed by atoms with Crippen LogP contribution in [0, 0.1) is 0 Å². The minimum Gasteiger partial charge on any atom is -0.454 e. The predicted molar refractivity (Wildman–Crippen MR) is 77.9 cm³/mol. The smallest absolute Gasteiger partial charge is 0.252 e. The third-order valence-electron chi connectivity index (χ3n) is 3.60. The molecule has 0 radical (unpaired) electrons. The largest absolute Gasteiger partial charge is 0.454 e. The van der Waals surface area contributed by atoms with Crippen LogP contribution in [0.4, 0.5) is 5.69 Å². The quantitative estimate of drug-likeness (QED) is 0.840. The average Bonchev–Trinajstić information content (AvgIpc) is 2.88. The van der Waals surface area contributed by atoms with Crippen molar-refractivity contribution in [2.24, 2.45) is 5.73 Å². The van der Waals surface area contributed by atoms with E-state index >= 15 is 0 Å². The lowest BCUT2D eigenvalue weighted by Crippen LogP contribution is -2.13. The molecule has 2 aromatic carbocycles. The summed E-state index contributed by atoms with van der Waals surface area (Å²) in [4.78, 5) is 11.4. The summed E-state index contributed by atoms with van der Waals surface area (Å²) in [7, 11) is 0. The number of primary amides is 1. The Morgan fingerprint density at radius 1 is 1.10 bits per heavy atom. The molecule has 0 bridgehead atoms. The van der Waals surface area contributed by atoms with E-state index in [2.05, 4.69) is 6.07 Å². The first-order chi connectivity index (χ1) is 9.65. The molecule has 4 heteroatoms. The molecule has 0 saturated carbocycles. The molecule has 0 aliphatic heterocycles. The van der Waals surface area contributed by atoms with Crippen LogP contribution in [-0.2, 0) is 12.8 Å². The summed E-state index contributed by atoms with van der Waals surface area (Å²) >= 11 is 0. The SMILES string of the molecule is NC(=O)c1cccc(N)c1Oc1ccc2c(c1)CCC2. The summed E-state index contributed by atoms with van der Waals surface area (Å²) in [6.07, 6.45) is 3.37. The van der Waals surface area contributed by atoms with Crippen molar-refractivity contribution in [3.63, 3.8) is 0 Å². The van der Waals surface area contributed by atoms with Gasteiger partial charge in [-0.15, -0.1) is 0 Å². The van der Waals surface area contributed by atoms with Gasteiger partial charge in [0, 0.05) is 0 Å². The van der Waals surface area contributed by atoms with E-state index in [0.717, 1.165) is 12.8 Å². The Morgan fingerprint density at radius 3 is 2.70 bits per heavy atom. The van der Waals surface area contributed by atoms with Crippen LogP contribution in [0.25, 0.3) is 0 Å². The van der Waals surface area contributed by atoms with E-state index in [1.165, 1.54) is 17.5 Å². The van der Waals surface area contributed by atoms with Gasteiger partial charge in [0.05, 0.1) is 11.3 Å². The lowest BCUT2D eigenvalue weighted by Gasteiger charge is -2.12. The predicted octanol–water partition coefficient (Wildman–Crippen LogP) is 2.65. The summed E-state index contributed by atoms with van der Waals surface area (Å²) in [5, 5.41) is 0. The molecule has 0 unspecified atom stereocenters. The van der Waals surface area contributed by atoms with E-state index in [1.807, 2.05) is 12.1 Å². The molecular weight excluding hydrogens is 252 g/mol. The number of hydrogen-bond donors (Lipinski definition) is 2. The van der Waals surface area contributed by atoms with Crippen molar-refractivity contribution in [1.82, 2.24) is 0 Å². The monoisotopic (exact) mass is 268 g/mol. The van der Waals surface area contributed by atoms with Crippen LogP contribution in [0.15, 0.2) is 36.4 Å². The maximum atomic E-state index is 11.4. The number of para-hydroxylation sites is 1. The van der Waals surface area contributed by atoms with Gasteiger partial charge in [-0.05, 0) is 54.7 Å². The van der Waals surface area contributed by atoms with Gasteiger partial charge in [-0.25, -0.2) is 0 Å². The molecule has 0 fully saturated rings. The van der Waals surface area contributed by atoms with Crippen molar-refractivity contribution in [3.05, 3.63) is 53.1 Å². The van der Waals surface area contributed by atoms with Crippen LogP contribution >= 0.6 is 0 Å². The summed E-state index contributed by atoms with van der Waals surface area (Å²) < 4.78 is 5.80. The summed E-state index contributed by atoms with van der Waals surface area (Å²) in [5.41, 5.74) is 14.6. The normalized spacial score (nSPS) is 13.0. The number of nitrogens with two attached hydrogens (primary N) is 2. The number of carbonyl (C=O) groups is 1. The standard InChI is InChI=1S/C16H16N2O2/c17-14-6-2-5-13(16(18)19)15(14)20-12-8-7-10-3-1-4-11(10)9-12/h2,5-9H,1,3-4,17H2,(H2,18,19). The number of anilines is 1. The van der Waals surface area contributed by atoms with Crippen molar-refractivity contribution in [1.29, 1.82) is 0 Å². The number of fused-ring (bicyclic) bond motifs is 1. The summed E-state index contributed by atoms with van der Waals surface area (Å²) in [5.74, 6) is 0.470. The minimum atomic E-state index is -0.548. The zero-order valence-electron chi connectivity index (χ0n) is 11.1.